The fourth-order valence-electron chi connectivity index (χ4n) is 1.78. The average Bonchev–Trinajstić information content (AvgIpc) is 2.34. The van der Waals surface area contributed by atoms with Crippen LogP contribution in [0.3, 0.4) is 0 Å². The average molecular weight is 281 g/mol. The molecule has 1 atom stereocenters. The standard InChI is InChI=1S/C15H23NO2S/c1-4-5-8-16-15(17)11-19(18)10-14-9-12(2)6-7-13(14)3/h6-7,9H,4-5,8,10-11H2,1-3H3,(H,16,17)/t19-/m0/s1. The second-order valence-electron chi connectivity index (χ2n) is 4.86. The van der Waals surface area contributed by atoms with Gasteiger partial charge >= 0.3 is 0 Å². The van der Waals surface area contributed by atoms with Crippen molar-refractivity contribution in [2.45, 2.75) is 39.4 Å². The molecule has 0 aromatic heterocycles. The molecule has 0 spiro atoms. The third-order valence-corrected chi connectivity index (χ3v) is 4.18. The molecule has 19 heavy (non-hydrogen) atoms. The smallest absolute Gasteiger partial charge is 0.232 e. The monoisotopic (exact) mass is 281 g/mol. The van der Waals surface area contributed by atoms with Crippen molar-refractivity contribution in [2.75, 3.05) is 12.3 Å². The molecule has 0 heterocycles. The third kappa shape index (κ3) is 6.01. The summed E-state index contributed by atoms with van der Waals surface area (Å²) in [6.45, 7) is 6.78. The number of unbranched alkanes of at least 4 members (excludes halogenated alkanes) is 1. The summed E-state index contributed by atoms with van der Waals surface area (Å²) in [4.78, 5) is 11.6. The second-order valence-corrected chi connectivity index (χ2v) is 6.32. The van der Waals surface area contributed by atoms with Gasteiger partial charge in [-0.25, -0.2) is 0 Å². The van der Waals surface area contributed by atoms with Crippen LogP contribution in [0, 0.1) is 13.8 Å². The molecule has 0 aliphatic heterocycles. The molecule has 3 nitrogen and oxygen atoms in total. The van der Waals surface area contributed by atoms with E-state index >= 15 is 0 Å². The molecule has 0 radical (unpaired) electrons. The normalized spacial score (nSPS) is 12.2. The van der Waals surface area contributed by atoms with Gasteiger partial charge in [-0.05, 0) is 31.4 Å². The quantitative estimate of drug-likeness (QED) is 0.780. The molecule has 1 N–H and O–H groups in total. The highest BCUT2D eigenvalue weighted by Gasteiger charge is 2.09. The predicted octanol–water partition coefficient (Wildman–Crippen LogP) is 2.47. The Balaban J connectivity index is 2.46. The van der Waals surface area contributed by atoms with E-state index in [1.807, 2.05) is 32.0 Å². The van der Waals surface area contributed by atoms with Crippen LogP contribution >= 0.6 is 0 Å². The minimum absolute atomic E-state index is 0.0943. The van der Waals surface area contributed by atoms with Crippen LogP contribution in [-0.2, 0) is 21.3 Å². The van der Waals surface area contributed by atoms with Crippen LogP contribution in [0.4, 0.5) is 0 Å². The van der Waals surface area contributed by atoms with E-state index in [4.69, 9.17) is 0 Å². The zero-order valence-electron chi connectivity index (χ0n) is 12.0. The summed E-state index contributed by atoms with van der Waals surface area (Å²) in [6.07, 6.45) is 2.02. The number of nitrogens with one attached hydrogen (secondary N) is 1. The van der Waals surface area contributed by atoms with Crippen molar-refractivity contribution in [3.05, 3.63) is 34.9 Å². The van der Waals surface area contributed by atoms with Gasteiger partial charge in [0.05, 0.1) is 0 Å². The third-order valence-electron chi connectivity index (χ3n) is 2.97. The van der Waals surface area contributed by atoms with Gasteiger partial charge in [0, 0.05) is 23.1 Å². The van der Waals surface area contributed by atoms with Gasteiger partial charge in [-0.15, -0.1) is 0 Å². The summed E-state index contributed by atoms with van der Waals surface area (Å²) in [6, 6.07) is 6.12. The van der Waals surface area contributed by atoms with Crippen LogP contribution in [0.2, 0.25) is 0 Å². The molecule has 0 bridgehead atoms. The van der Waals surface area contributed by atoms with Gasteiger partial charge < -0.3 is 5.32 Å². The van der Waals surface area contributed by atoms with E-state index in [-0.39, 0.29) is 11.7 Å². The molecule has 0 saturated heterocycles. The van der Waals surface area contributed by atoms with E-state index in [9.17, 15) is 9.00 Å². The maximum atomic E-state index is 12.0. The number of hydrogen-bond donors (Lipinski definition) is 1. The maximum absolute atomic E-state index is 12.0. The van der Waals surface area contributed by atoms with Gasteiger partial charge in [-0.3, -0.25) is 9.00 Å². The van der Waals surface area contributed by atoms with Crippen LogP contribution in [0.15, 0.2) is 18.2 Å². The Bertz CT molecular complexity index is 457. The van der Waals surface area contributed by atoms with Crippen LogP contribution in [0.5, 0.6) is 0 Å². The van der Waals surface area contributed by atoms with Gasteiger partial charge in [0.2, 0.25) is 5.91 Å². The number of carbonyl (C=O) groups excluding carboxylic acids is 1. The number of rotatable bonds is 7. The highest BCUT2D eigenvalue weighted by Crippen LogP contribution is 2.12. The Morgan fingerprint density at radius 3 is 2.74 bits per heavy atom. The van der Waals surface area contributed by atoms with E-state index in [1.54, 1.807) is 0 Å². The molecule has 1 aromatic rings. The second kappa shape index (κ2) is 8.10. The SMILES string of the molecule is CCCCNC(=O)C[S@@](=O)Cc1cc(C)ccc1C. The lowest BCUT2D eigenvalue weighted by Gasteiger charge is -2.08. The minimum atomic E-state index is -1.14. The molecule has 1 aromatic carbocycles. The van der Waals surface area contributed by atoms with Gasteiger partial charge in [0.25, 0.3) is 0 Å². The summed E-state index contributed by atoms with van der Waals surface area (Å²) >= 11 is 0. The Kier molecular flexibility index (Phi) is 6.78. The van der Waals surface area contributed by atoms with E-state index < -0.39 is 10.8 Å². The summed E-state index contributed by atoms with van der Waals surface area (Å²) in [5.41, 5.74) is 3.36. The molecule has 0 saturated carbocycles. The van der Waals surface area contributed by atoms with Crippen molar-refractivity contribution in [3.8, 4) is 0 Å². The lowest BCUT2D eigenvalue weighted by atomic mass is 10.1. The van der Waals surface area contributed by atoms with Crippen LogP contribution in [0.1, 0.15) is 36.5 Å². The van der Waals surface area contributed by atoms with Gasteiger partial charge in [-0.2, -0.15) is 0 Å². The fourth-order valence-corrected chi connectivity index (χ4v) is 2.94. The van der Waals surface area contributed by atoms with Crippen LogP contribution < -0.4 is 5.32 Å². The lowest BCUT2D eigenvalue weighted by Crippen LogP contribution is -2.29. The Morgan fingerprint density at radius 1 is 1.32 bits per heavy atom. The van der Waals surface area contributed by atoms with Crippen molar-refractivity contribution in [2.24, 2.45) is 0 Å². The zero-order valence-corrected chi connectivity index (χ0v) is 12.8. The molecule has 106 valence electrons. The lowest BCUT2D eigenvalue weighted by molar-refractivity contribution is -0.118. The maximum Gasteiger partial charge on any atom is 0.232 e. The molecular weight excluding hydrogens is 258 g/mol. The minimum Gasteiger partial charge on any atom is -0.355 e. The Labute approximate surface area is 118 Å². The van der Waals surface area contributed by atoms with Crippen molar-refractivity contribution < 1.29 is 9.00 Å². The van der Waals surface area contributed by atoms with Crippen molar-refractivity contribution in [1.29, 1.82) is 0 Å². The van der Waals surface area contributed by atoms with Crippen molar-refractivity contribution in [3.63, 3.8) is 0 Å². The van der Waals surface area contributed by atoms with Crippen LogP contribution in [-0.4, -0.2) is 22.4 Å². The Hall–Kier alpha value is -1.16. The van der Waals surface area contributed by atoms with Gasteiger partial charge in [-0.1, -0.05) is 37.1 Å². The summed E-state index contributed by atoms with van der Waals surface area (Å²) < 4.78 is 12.0. The largest absolute Gasteiger partial charge is 0.355 e. The topological polar surface area (TPSA) is 46.2 Å². The first-order valence-corrected chi connectivity index (χ1v) is 8.19. The predicted molar refractivity (Wildman–Crippen MR) is 80.5 cm³/mol. The van der Waals surface area contributed by atoms with E-state index in [0.29, 0.717) is 12.3 Å². The zero-order chi connectivity index (χ0) is 14.3. The molecule has 1 rings (SSSR count). The number of amides is 1. The molecule has 0 unspecified atom stereocenters. The van der Waals surface area contributed by atoms with E-state index in [0.717, 1.165) is 29.5 Å². The number of carbonyl (C=O) groups is 1. The highest BCUT2D eigenvalue weighted by atomic mass is 32.2. The number of benzene rings is 1. The van der Waals surface area contributed by atoms with Gasteiger partial charge in [0.1, 0.15) is 5.75 Å². The van der Waals surface area contributed by atoms with E-state index in [2.05, 4.69) is 12.2 Å². The highest BCUT2D eigenvalue weighted by molar-refractivity contribution is 7.84. The van der Waals surface area contributed by atoms with E-state index in [1.165, 1.54) is 0 Å². The number of hydrogen-bond acceptors (Lipinski definition) is 2. The summed E-state index contributed by atoms with van der Waals surface area (Å²) in [5.74, 6) is 0.434. The van der Waals surface area contributed by atoms with Crippen molar-refractivity contribution in [1.82, 2.24) is 5.32 Å². The fraction of sp³-hybridized carbons (Fsp3) is 0.533. The molecule has 4 heteroatoms. The first-order valence-electron chi connectivity index (χ1n) is 6.70. The summed E-state index contributed by atoms with van der Waals surface area (Å²) in [5, 5.41) is 2.79. The summed E-state index contributed by atoms with van der Waals surface area (Å²) in [7, 11) is -1.14. The molecule has 0 aliphatic rings. The molecule has 0 aliphatic carbocycles. The van der Waals surface area contributed by atoms with Crippen molar-refractivity contribution >= 4 is 16.7 Å². The van der Waals surface area contributed by atoms with Gasteiger partial charge in [0.15, 0.2) is 0 Å². The first-order chi connectivity index (χ1) is 9.02. The molecule has 1 amide bonds. The number of aryl methyl sites for hydroxylation is 2. The first kappa shape index (κ1) is 15.9. The Morgan fingerprint density at radius 2 is 2.05 bits per heavy atom. The molecule has 0 fully saturated rings. The molecular formula is C15H23NO2S. The van der Waals surface area contributed by atoms with Crippen LogP contribution in [0.25, 0.3) is 0 Å².